The van der Waals surface area contributed by atoms with Gasteiger partial charge in [0.1, 0.15) is 0 Å². The average molecular weight is 231 g/mol. The van der Waals surface area contributed by atoms with E-state index in [0.717, 1.165) is 39.4 Å². The summed E-state index contributed by atoms with van der Waals surface area (Å²) in [5.74, 6) is 0.596. The lowest BCUT2D eigenvalue weighted by atomic mass is 10.4. The highest BCUT2D eigenvalue weighted by molar-refractivity contribution is 5.75. The highest BCUT2D eigenvalue weighted by atomic mass is 16.5. The summed E-state index contributed by atoms with van der Waals surface area (Å²) < 4.78 is 10.1. The molecule has 0 unspecified atom stereocenters. The molecule has 0 aliphatic carbocycles. The molecule has 0 saturated heterocycles. The van der Waals surface area contributed by atoms with Crippen LogP contribution in [0.15, 0.2) is 0 Å². The van der Waals surface area contributed by atoms with E-state index in [1.165, 1.54) is 0 Å². The summed E-state index contributed by atoms with van der Waals surface area (Å²) in [6.07, 6.45) is 0. The molecule has 0 heterocycles. The van der Waals surface area contributed by atoms with Crippen molar-refractivity contribution in [1.82, 2.24) is 9.80 Å². The van der Waals surface area contributed by atoms with E-state index < -0.39 is 0 Å². The molecule has 0 spiro atoms. The van der Waals surface area contributed by atoms with E-state index in [2.05, 4.69) is 4.90 Å². The second kappa shape index (κ2) is 9.57. The van der Waals surface area contributed by atoms with E-state index in [1.54, 1.807) is 21.1 Å². The zero-order chi connectivity index (χ0) is 12.4. The first kappa shape index (κ1) is 15.3. The minimum absolute atomic E-state index is 0.596. The standard InChI is InChI=1S/C11H25N3O2/c1-11(12)13(2)5-6-14(7-9-15-3)8-10-16-4/h12H,5-10H2,1-4H3. The minimum atomic E-state index is 0.596. The van der Waals surface area contributed by atoms with Gasteiger partial charge in [0, 0.05) is 47.4 Å². The molecule has 0 aliphatic rings. The Labute approximate surface area is 98.8 Å². The molecule has 0 aromatic carbocycles. The normalized spacial score (nSPS) is 10.8. The SMILES string of the molecule is COCCN(CCOC)CCN(C)C(C)=N. The molecule has 0 saturated carbocycles. The summed E-state index contributed by atoms with van der Waals surface area (Å²) in [6, 6.07) is 0. The third kappa shape index (κ3) is 7.62. The Morgan fingerprint density at radius 3 is 1.88 bits per heavy atom. The zero-order valence-electron chi connectivity index (χ0n) is 11.0. The second-order valence-electron chi connectivity index (χ2n) is 3.83. The van der Waals surface area contributed by atoms with Crippen molar-refractivity contribution in [2.45, 2.75) is 6.92 Å². The quantitative estimate of drug-likeness (QED) is 0.464. The van der Waals surface area contributed by atoms with Gasteiger partial charge in [-0.2, -0.15) is 0 Å². The molecule has 5 heteroatoms. The molecule has 16 heavy (non-hydrogen) atoms. The molecule has 0 rings (SSSR count). The zero-order valence-corrected chi connectivity index (χ0v) is 11.0. The number of nitrogens with zero attached hydrogens (tertiary/aromatic N) is 2. The lowest BCUT2D eigenvalue weighted by Gasteiger charge is -2.25. The minimum Gasteiger partial charge on any atom is -0.383 e. The molecule has 0 bridgehead atoms. The summed E-state index contributed by atoms with van der Waals surface area (Å²) >= 11 is 0. The first-order chi connectivity index (χ1) is 7.61. The van der Waals surface area contributed by atoms with Crippen LogP contribution in [-0.2, 0) is 9.47 Å². The van der Waals surface area contributed by atoms with Gasteiger partial charge in [0.05, 0.1) is 19.0 Å². The number of nitrogens with one attached hydrogen (secondary N) is 1. The predicted octanol–water partition coefficient (Wildman–Crippen LogP) is 0.510. The number of hydrogen-bond donors (Lipinski definition) is 1. The smallest absolute Gasteiger partial charge is 0.0923 e. The Hall–Kier alpha value is -0.650. The number of likely N-dealkylation sites (N-methyl/N-ethyl adjacent to an activating group) is 1. The maximum Gasteiger partial charge on any atom is 0.0923 e. The van der Waals surface area contributed by atoms with Crippen molar-refractivity contribution < 1.29 is 9.47 Å². The van der Waals surface area contributed by atoms with E-state index in [-0.39, 0.29) is 0 Å². The van der Waals surface area contributed by atoms with Gasteiger partial charge in [0.15, 0.2) is 0 Å². The summed E-state index contributed by atoms with van der Waals surface area (Å²) in [6.45, 7) is 6.88. The van der Waals surface area contributed by atoms with E-state index in [1.807, 2.05) is 11.9 Å². The van der Waals surface area contributed by atoms with E-state index in [9.17, 15) is 0 Å². The molecule has 0 amide bonds. The molecule has 1 N–H and O–H groups in total. The molecule has 5 nitrogen and oxygen atoms in total. The van der Waals surface area contributed by atoms with Gasteiger partial charge in [-0.1, -0.05) is 0 Å². The van der Waals surface area contributed by atoms with E-state index in [4.69, 9.17) is 14.9 Å². The lowest BCUT2D eigenvalue weighted by molar-refractivity contribution is 0.111. The Morgan fingerprint density at radius 1 is 1.00 bits per heavy atom. The van der Waals surface area contributed by atoms with Crippen molar-refractivity contribution in [2.75, 3.05) is 60.7 Å². The first-order valence-electron chi connectivity index (χ1n) is 5.58. The molecule has 0 fully saturated rings. The van der Waals surface area contributed by atoms with Crippen LogP contribution in [0.3, 0.4) is 0 Å². The van der Waals surface area contributed by atoms with Gasteiger partial charge in [-0.15, -0.1) is 0 Å². The topological polar surface area (TPSA) is 48.8 Å². The molecular weight excluding hydrogens is 206 g/mol. The largest absolute Gasteiger partial charge is 0.383 e. The fourth-order valence-electron chi connectivity index (χ4n) is 1.24. The van der Waals surface area contributed by atoms with Crippen LogP contribution < -0.4 is 0 Å². The molecule has 96 valence electrons. The highest BCUT2D eigenvalue weighted by Crippen LogP contribution is 1.92. The number of rotatable bonds is 9. The highest BCUT2D eigenvalue weighted by Gasteiger charge is 2.06. The number of amidine groups is 1. The van der Waals surface area contributed by atoms with Gasteiger partial charge in [-0.05, 0) is 6.92 Å². The Morgan fingerprint density at radius 2 is 1.50 bits per heavy atom. The fraction of sp³-hybridized carbons (Fsp3) is 0.909. The summed E-state index contributed by atoms with van der Waals surface area (Å²) in [7, 11) is 5.36. The molecule has 0 aromatic heterocycles. The van der Waals surface area contributed by atoms with Gasteiger partial charge >= 0.3 is 0 Å². The Balaban J connectivity index is 3.84. The molecular formula is C11H25N3O2. The summed E-state index contributed by atoms with van der Waals surface area (Å²) in [4.78, 5) is 4.22. The third-order valence-corrected chi connectivity index (χ3v) is 2.55. The van der Waals surface area contributed by atoms with Gasteiger partial charge in [0.2, 0.25) is 0 Å². The number of ether oxygens (including phenoxy) is 2. The van der Waals surface area contributed by atoms with E-state index in [0.29, 0.717) is 5.84 Å². The van der Waals surface area contributed by atoms with Crippen molar-refractivity contribution in [3.05, 3.63) is 0 Å². The Bertz CT molecular complexity index is 180. The van der Waals surface area contributed by atoms with Crippen molar-refractivity contribution in [3.8, 4) is 0 Å². The van der Waals surface area contributed by atoms with Gasteiger partial charge in [0.25, 0.3) is 0 Å². The van der Waals surface area contributed by atoms with E-state index >= 15 is 0 Å². The molecule has 0 atom stereocenters. The number of methoxy groups -OCH3 is 2. The predicted molar refractivity (Wildman–Crippen MR) is 66.2 cm³/mol. The maximum atomic E-state index is 7.48. The van der Waals surface area contributed by atoms with Crippen LogP contribution in [0.4, 0.5) is 0 Å². The van der Waals surface area contributed by atoms with Gasteiger partial charge in [-0.25, -0.2) is 0 Å². The van der Waals surface area contributed by atoms with Crippen molar-refractivity contribution in [1.29, 1.82) is 5.41 Å². The summed E-state index contributed by atoms with van der Waals surface area (Å²) in [5, 5.41) is 7.48. The second-order valence-corrected chi connectivity index (χ2v) is 3.83. The Kier molecular flexibility index (Phi) is 9.18. The van der Waals surface area contributed by atoms with Crippen molar-refractivity contribution in [3.63, 3.8) is 0 Å². The first-order valence-corrected chi connectivity index (χ1v) is 5.58. The molecule has 0 aromatic rings. The average Bonchev–Trinajstić information content (AvgIpc) is 2.27. The molecule has 0 aliphatic heterocycles. The van der Waals surface area contributed by atoms with Crippen LogP contribution in [-0.4, -0.2) is 76.3 Å². The fourth-order valence-corrected chi connectivity index (χ4v) is 1.24. The van der Waals surface area contributed by atoms with Crippen LogP contribution in [0.1, 0.15) is 6.92 Å². The van der Waals surface area contributed by atoms with Crippen molar-refractivity contribution >= 4 is 5.84 Å². The van der Waals surface area contributed by atoms with Crippen LogP contribution in [0.2, 0.25) is 0 Å². The van der Waals surface area contributed by atoms with Crippen LogP contribution in [0.5, 0.6) is 0 Å². The van der Waals surface area contributed by atoms with Crippen LogP contribution in [0, 0.1) is 5.41 Å². The lowest BCUT2D eigenvalue weighted by Crippen LogP contribution is -2.38. The van der Waals surface area contributed by atoms with Crippen molar-refractivity contribution in [2.24, 2.45) is 0 Å². The summed E-state index contributed by atoms with van der Waals surface area (Å²) in [5.41, 5.74) is 0. The third-order valence-electron chi connectivity index (χ3n) is 2.55. The van der Waals surface area contributed by atoms with Gasteiger partial charge < -0.3 is 14.4 Å². The van der Waals surface area contributed by atoms with Crippen LogP contribution in [0.25, 0.3) is 0 Å². The molecule has 0 radical (unpaired) electrons. The number of hydrogen-bond acceptors (Lipinski definition) is 4. The van der Waals surface area contributed by atoms with Gasteiger partial charge in [-0.3, -0.25) is 10.3 Å². The maximum absolute atomic E-state index is 7.48. The van der Waals surface area contributed by atoms with Crippen LogP contribution >= 0.6 is 0 Å². The monoisotopic (exact) mass is 231 g/mol.